The van der Waals surface area contributed by atoms with Gasteiger partial charge < -0.3 is 5.32 Å². The Balaban J connectivity index is 1.80. The van der Waals surface area contributed by atoms with Gasteiger partial charge in [0.05, 0.1) is 16.6 Å². The Bertz CT molecular complexity index is 816. The van der Waals surface area contributed by atoms with Gasteiger partial charge in [0.15, 0.2) is 0 Å². The van der Waals surface area contributed by atoms with Crippen LogP contribution in [0.2, 0.25) is 5.02 Å². The predicted molar refractivity (Wildman–Crippen MR) is 81.5 cm³/mol. The quantitative estimate of drug-likeness (QED) is 0.568. The van der Waals surface area contributed by atoms with Crippen LogP contribution in [0.4, 0.5) is 11.4 Å². The minimum atomic E-state index is -0.433. The first-order valence-electron chi connectivity index (χ1n) is 6.23. The third-order valence-corrected chi connectivity index (χ3v) is 3.53. The number of benzene rings is 2. The molecule has 0 saturated heterocycles. The summed E-state index contributed by atoms with van der Waals surface area (Å²) >= 11 is 6.07. The fourth-order valence-electron chi connectivity index (χ4n) is 2.06. The van der Waals surface area contributed by atoms with Crippen LogP contribution in [0, 0.1) is 10.1 Å². The molecule has 0 atom stereocenters. The van der Waals surface area contributed by atoms with Gasteiger partial charge in [-0.1, -0.05) is 11.6 Å². The van der Waals surface area contributed by atoms with Crippen LogP contribution in [0.1, 0.15) is 5.56 Å². The number of halogens is 1. The van der Waals surface area contributed by atoms with Crippen LogP contribution in [0.5, 0.6) is 0 Å². The highest BCUT2D eigenvalue weighted by Gasteiger charge is 2.09. The Morgan fingerprint density at radius 2 is 2.14 bits per heavy atom. The fourth-order valence-corrected chi connectivity index (χ4v) is 2.24. The van der Waals surface area contributed by atoms with Crippen LogP contribution in [-0.2, 0) is 6.54 Å². The number of non-ortho nitro benzene ring substituents is 1. The highest BCUT2D eigenvalue weighted by molar-refractivity contribution is 6.31. The first-order chi connectivity index (χ1) is 10.1. The van der Waals surface area contributed by atoms with Gasteiger partial charge in [0.1, 0.15) is 0 Å². The van der Waals surface area contributed by atoms with Gasteiger partial charge in [-0.25, -0.2) is 0 Å². The molecule has 0 amide bonds. The Hall–Kier alpha value is -2.60. The molecule has 0 aliphatic rings. The van der Waals surface area contributed by atoms with Crippen LogP contribution in [-0.4, -0.2) is 15.1 Å². The lowest BCUT2D eigenvalue weighted by Crippen LogP contribution is -2.01. The van der Waals surface area contributed by atoms with E-state index in [0.717, 1.165) is 16.6 Å². The fraction of sp³-hybridized carbons (Fsp3) is 0.0714. The molecule has 1 heterocycles. The molecule has 0 saturated carbocycles. The number of aromatic amines is 1. The topological polar surface area (TPSA) is 83.9 Å². The molecule has 0 spiro atoms. The summed E-state index contributed by atoms with van der Waals surface area (Å²) in [5.41, 5.74) is 2.56. The maximum absolute atomic E-state index is 10.8. The molecule has 106 valence electrons. The van der Waals surface area contributed by atoms with Gasteiger partial charge in [0.25, 0.3) is 5.69 Å². The van der Waals surface area contributed by atoms with Crippen LogP contribution in [0.25, 0.3) is 10.9 Å². The molecule has 0 radical (unpaired) electrons. The number of anilines is 1. The highest BCUT2D eigenvalue weighted by atomic mass is 35.5. The van der Waals surface area contributed by atoms with Gasteiger partial charge in [-0.15, -0.1) is 0 Å². The molecule has 0 bridgehead atoms. The molecule has 3 rings (SSSR count). The number of nitro groups is 1. The highest BCUT2D eigenvalue weighted by Crippen LogP contribution is 2.24. The van der Waals surface area contributed by atoms with Crippen molar-refractivity contribution in [2.45, 2.75) is 6.54 Å². The summed E-state index contributed by atoms with van der Waals surface area (Å²) in [6.07, 6.45) is 1.74. The number of nitrogens with zero attached hydrogens (tertiary/aromatic N) is 2. The van der Waals surface area contributed by atoms with Crippen molar-refractivity contribution in [2.75, 3.05) is 5.32 Å². The molecule has 1 aromatic heterocycles. The van der Waals surface area contributed by atoms with E-state index >= 15 is 0 Å². The maximum atomic E-state index is 10.8. The summed E-state index contributed by atoms with van der Waals surface area (Å²) in [6.45, 7) is 0.407. The summed E-state index contributed by atoms with van der Waals surface area (Å²) in [5, 5.41) is 22.3. The van der Waals surface area contributed by atoms with E-state index < -0.39 is 4.92 Å². The Morgan fingerprint density at radius 1 is 1.29 bits per heavy atom. The van der Waals surface area contributed by atoms with Crippen LogP contribution in [0.3, 0.4) is 0 Å². The van der Waals surface area contributed by atoms with Crippen LogP contribution >= 0.6 is 11.6 Å². The molecular formula is C14H11ClN4O2. The van der Waals surface area contributed by atoms with Gasteiger partial charge in [-0.05, 0) is 29.8 Å². The number of fused-ring (bicyclic) bond motifs is 1. The number of hydrogen-bond acceptors (Lipinski definition) is 4. The molecule has 6 nitrogen and oxygen atoms in total. The zero-order chi connectivity index (χ0) is 14.8. The largest absolute Gasteiger partial charge is 0.381 e. The standard InChI is InChI=1S/C14H11ClN4O2/c15-13-3-2-12(19(20)21)6-9(13)7-16-11-1-4-14-10(5-11)8-17-18-14/h1-6,8,16H,7H2,(H,17,18). The minimum Gasteiger partial charge on any atom is -0.381 e. The van der Waals surface area contributed by atoms with E-state index in [1.54, 1.807) is 6.20 Å². The average molecular weight is 303 g/mol. The van der Waals surface area contributed by atoms with Gasteiger partial charge >= 0.3 is 0 Å². The molecule has 2 aromatic carbocycles. The molecule has 2 N–H and O–H groups in total. The first-order valence-corrected chi connectivity index (χ1v) is 6.61. The number of nitro benzene ring substituents is 1. The normalized spacial score (nSPS) is 10.7. The van der Waals surface area contributed by atoms with E-state index in [9.17, 15) is 10.1 Å². The molecule has 0 fully saturated rings. The average Bonchev–Trinajstić information content (AvgIpc) is 2.93. The van der Waals surface area contributed by atoms with Crippen molar-refractivity contribution in [1.82, 2.24) is 10.2 Å². The zero-order valence-corrected chi connectivity index (χ0v) is 11.6. The van der Waals surface area contributed by atoms with Crippen molar-refractivity contribution in [3.63, 3.8) is 0 Å². The second kappa shape index (κ2) is 5.41. The van der Waals surface area contributed by atoms with Crippen molar-refractivity contribution >= 4 is 33.9 Å². The third kappa shape index (κ3) is 2.80. The minimum absolute atomic E-state index is 0.0292. The Morgan fingerprint density at radius 3 is 2.95 bits per heavy atom. The predicted octanol–water partition coefficient (Wildman–Crippen LogP) is 3.74. The van der Waals surface area contributed by atoms with Crippen molar-refractivity contribution in [2.24, 2.45) is 0 Å². The van der Waals surface area contributed by atoms with E-state index in [2.05, 4.69) is 15.5 Å². The summed E-state index contributed by atoms with van der Waals surface area (Å²) in [7, 11) is 0. The number of rotatable bonds is 4. The summed E-state index contributed by atoms with van der Waals surface area (Å²) in [6, 6.07) is 10.2. The van der Waals surface area contributed by atoms with E-state index in [1.807, 2.05) is 18.2 Å². The third-order valence-electron chi connectivity index (χ3n) is 3.16. The zero-order valence-electron chi connectivity index (χ0n) is 10.8. The molecule has 21 heavy (non-hydrogen) atoms. The molecule has 3 aromatic rings. The Labute approximate surface area is 124 Å². The summed E-state index contributed by atoms with van der Waals surface area (Å²) in [4.78, 5) is 10.4. The molecule has 0 unspecified atom stereocenters. The number of H-pyrrole nitrogens is 1. The molecule has 0 aliphatic carbocycles. The van der Waals surface area contributed by atoms with E-state index in [4.69, 9.17) is 11.6 Å². The number of nitrogens with one attached hydrogen (secondary N) is 2. The lowest BCUT2D eigenvalue weighted by Gasteiger charge is -2.08. The number of aromatic nitrogens is 2. The van der Waals surface area contributed by atoms with Crippen molar-refractivity contribution in [1.29, 1.82) is 0 Å². The number of hydrogen-bond donors (Lipinski definition) is 2. The maximum Gasteiger partial charge on any atom is 0.269 e. The Kier molecular flexibility index (Phi) is 3.45. The monoisotopic (exact) mass is 302 g/mol. The van der Waals surface area contributed by atoms with Gasteiger partial charge in [-0.2, -0.15) is 5.10 Å². The SMILES string of the molecule is O=[N+]([O-])c1ccc(Cl)c(CNc2ccc3[nH]ncc3c2)c1. The lowest BCUT2D eigenvalue weighted by atomic mass is 10.2. The second-order valence-electron chi connectivity index (χ2n) is 4.56. The lowest BCUT2D eigenvalue weighted by molar-refractivity contribution is -0.384. The second-order valence-corrected chi connectivity index (χ2v) is 4.97. The van der Waals surface area contributed by atoms with E-state index in [1.165, 1.54) is 18.2 Å². The molecule has 7 heteroatoms. The van der Waals surface area contributed by atoms with Crippen LogP contribution in [0.15, 0.2) is 42.6 Å². The molecular weight excluding hydrogens is 292 g/mol. The summed E-state index contributed by atoms with van der Waals surface area (Å²) < 4.78 is 0. The smallest absolute Gasteiger partial charge is 0.269 e. The van der Waals surface area contributed by atoms with Gasteiger partial charge in [0.2, 0.25) is 0 Å². The van der Waals surface area contributed by atoms with Crippen LogP contribution < -0.4 is 5.32 Å². The summed E-state index contributed by atoms with van der Waals surface area (Å²) in [5.74, 6) is 0. The van der Waals surface area contributed by atoms with E-state index in [0.29, 0.717) is 17.1 Å². The van der Waals surface area contributed by atoms with Crippen molar-refractivity contribution < 1.29 is 4.92 Å². The first kappa shape index (κ1) is 13.4. The van der Waals surface area contributed by atoms with E-state index in [-0.39, 0.29) is 5.69 Å². The van der Waals surface area contributed by atoms with Gasteiger partial charge in [-0.3, -0.25) is 15.2 Å². The van der Waals surface area contributed by atoms with Gasteiger partial charge in [0, 0.05) is 34.8 Å². The van der Waals surface area contributed by atoms with Crippen molar-refractivity contribution in [3.05, 3.63) is 63.3 Å². The van der Waals surface area contributed by atoms with Crippen molar-refractivity contribution in [3.8, 4) is 0 Å². The molecule has 0 aliphatic heterocycles.